The predicted molar refractivity (Wildman–Crippen MR) is 131 cm³/mol. The average Bonchev–Trinajstić information content (AvgIpc) is 3.40. The fourth-order valence-electron chi connectivity index (χ4n) is 5.70. The molecule has 3 unspecified atom stereocenters. The van der Waals surface area contributed by atoms with E-state index in [1.807, 2.05) is 0 Å². The van der Waals surface area contributed by atoms with Crippen LogP contribution in [0.1, 0.15) is 45.4 Å². The van der Waals surface area contributed by atoms with Crippen molar-refractivity contribution >= 4 is 33.7 Å². The molecule has 6 atom stereocenters. The molecule has 3 aliphatic heterocycles. The van der Waals surface area contributed by atoms with Crippen LogP contribution in [0.2, 0.25) is 0 Å². The molecule has 0 saturated carbocycles. The second-order valence-electron chi connectivity index (χ2n) is 9.30. The quantitative estimate of drug-likeness (QED) is 0.157. The molecule has 3 aliphatic rings. The number of likely N-dealkylation sites (tertiary alicyclic amines) is 1. The molecule has 3 fully saturated rings. The summed E-state index contributed by atoms with van der Waals surface area (Å²) >= 11 is 3.64. The minimum atomic E-state index is -1.13. The van der Waals surface area contributed by atoms with Gasteiger partial charge < -0.3 is 24.4 Å². The molecule has 8 nitrogen and oxygen atoms in total. The van der Waals surface area contributed by atoms with E-state index in [9.17, 15) is 19.5 Å². The molecule has 3 saturated heterocycles. The van der Waals surface area contributed by atoms with Crippen LogP contribution in [0.3, 0.4) is 0 Å². The Hall–Kier alpha value is -1.71. The van der Waals surface area contributed by atoms with Gasteiger partial charge in [0.2, 0.25) is 11.8 Å². The lowest BCUT2D eigenvalue weighted by Crippen LogP contribution is -2.57. The first-order valence-corrected chi connectivity index (χ1v) is 13.2. The molecular weight excluding hydrogens is 504 g/mol. The van der Waals surface area contributed by atoms with Gasteiger partial charge in [-0.15, -0.1) is 13.2 Å². The third kappa shape index (κ3) is 4.84. The molecule has 0 aromatic rings. The summed E-state index contributed by atoms with van der Waals surface area (Å²) in [6, 6.07) is -0.901. The number of esters is 1. The Morgan fingerprint density at radius 3 is 2.74 bits per heavy atom. The van der Waals surface area contributed by atoms with Crippen LogP contribution in [-0.2, 0) is 23.9 Å². The molecule has 34 heavy (non-hydrogen) atoms. The number of hydrogen-bond acceptors (Lipinski definition) is 6. The SMILES string of the molecule is C=CCCCOC(=O)[C@H]1[C@@H]2OC3(CC2Br)C(C(=O)N(CC=C)CCCCC)N(CCO)C(=O)[C@H]13. The van der Waals surface area contributed by atoms with Crippen molar-refractivity contribution in [3.05, 3.63) is 25.3 Å². The van der Waals surface area contributed by atoms with Crippen LogP contribution in [0, 0.1) is 11.8 Å². The second-order valence-corrected chi connectivity index (χ2v) is 10.5. The lowest BCUT2D eigenvalue weighted by Gasteiger charge is -2.37. The number of fused-ring (bicyclic) bond motifs is 1. The summed E-state index contributed by atoms with van der Waals surface area (Å²) < 4.78 is 11.9. The number of allylic oxidation sites excluding steroid dienone is 1. The Bertz CT molecular complexity index is 791. The first-order chi connectivity index (χ1) is 16.4. The van der Waals surface area contributed by atoms with E-state index in [0.29, 0.717) is 25.9 Å². The number of rotatable bonds is 14. The van der Waals surface area contributed by atoms with Crippen LogP contribution in [0.5, 0.6) is 0 Å². The molecule has 0 aromatic heterocycles. The van der Waals surface area contributed by atoms with Gasteiger partial charge in [0, 0.05) is 24.5 Å². The smallest absolute Gasteiger partial charge is 0.312 e. The van der Waals surface area contributed by atoms with E-state index in [0.717, 1.165) is 25.7 Å². The van der Waals surface area contributed by atoms with Crippen LogP contribution in [0.15, 0.2) is 25.3 Å². The summed E-state index contributed by atoms with van der Waals surface area (Å²) in [7, 11) is 0. The van der Waals surface area contributed by atoms with Gasteiger partial charge in [0.25, 0.3) is 0 Å². The molecule has 2 amide bonds. The van der Waals surface area contributed by atoms with Crippen molar-refractivity contribution in [2.75, 3.05) is 32.8 Å². The minimum absolute atomic E-state index is 0.00641. The number of unbranched alkanes of at least 4 members (excludes halogenated alkanes) is 3. The summed E-state index contributed by atoms with van der Waals surface area (Å²) in [4.78, 5) is 43.6. The fraction of sp³-hybridized carbons (Fsp3) is 0.720. The third-order valence-corrected chi connectivity index (χ3v) is 7.97. The van der Waals surface area contributed by atoms with Crippen molar-refractivity contribution < 1.29 is 29.0 Å². The number of alkyl halides is 1. The Labute approximate surface area is 210 Å². The summed E-state index contributed by atoms with van der Waals surface area (Å²) in [5, 5.41) is 9.70. The van der Waals surface area contributed by atoms with Gasteiger partial charge in [-0.1, -0.05) is 47.8 Å². The van der Waals surface area contributed by atoms with Crippen molar-refractivity contribution in [1.29, 1.82) is 0 Å². The van der Waals surface area contributed by atoms with Crippen molar-refractivity contribution in [3.8, 4) is 0 Å². The van der Waals surface area contributed by atoms with E-state index >= 15 is 0 Å². The molecule has 0 radical (unpaired) electrons. The number of amides is 2. The summed E-state index contributed by atoms with van der Waals surface area (Å²) in [5.41, 5.74) is -1.13. The highest BCUT2D eigenvalue weighted by Crippen LogP contribution is 2.60. The summed E-state index contributed by atoms with van der Waals surface area (Å²) in [6.45, 7) is 10.4. The number of nitrogens with zero attached hydrogens (tertiary/aromatic N) is 2. The zero-order valence-corrected chi connectivity index (χ0v) is 21.6. The van der Waals surface area contributed by atoms with E-state index in [2.05, 4.69) is 36.0 Å². The molecule has 2 bridgehead atoms. The van der Waals surface area contributed by atoms with E-state index in [1.54, 1.807) is 17.1 Å². The van der Waals surface area contributed by atoms with E-state index < -0.39 is 35.6 Å². The van der Waals surface area contributed by atoms with Crippen LogP contribution >= 0.6 is 15.9 Å². The van der Waals surface area contributed by atoms with Gasteiger partial charge in [-0.05, 0) is 25.7 Å². The van der Waals surface area contributed by atoms with Gasteiger partial charge >= 0.3 is 5.97 Å². The van der Waals surface area contributed by atoms with E-state index in [-0.39, 0.29) is 36.4 Å². The van der Waals surface area contributed by atoms with Crippen molar-refractivity contribution in [1.82, 2.24) is 9.80 Å². The number of halogens is 1. The largest absolute Gasteiger partial charge is 0.465 e. The van der Waals surface area contributed by atoms with E-state index in [1.165, 1.54) is 4.90 Å². The lowest BCUT2D eigenvalue weighted by atomic mass is 9.70. The number of aliphatic hydroxyl groups excluding tert-OH is 1. The lowest BCUT2D eigenvalue weighted by molar-refractivity contribution is -0.155. The molecule has 0 aromatic carbocycles. The van der Waals surface area contributed by atoms with Crippen LogP contribution in [-0.4, -0.2) is 88.1 Å². The van der Waals surface area contributed by atoms with Gasteiger partial charge in [-0.3, -0.25) is 14.4 Å². The molecule has 9 heteroatoms. The summed E-state index contributed by atoms with van der Waals surface area (Å²) in [6.07, 6.45) is 7.56. The molecule has 1 spiro atoms. The summed E-state index contributed by atoms with van der Waals surface area (Å²) in [5.74, 6) is -2.61. The number of ether oxygens (including phenoxy) is 2. The first-order valence-electron chi connectivity index (χ1n) is 12.3. The van der Waals surface area contributed by atoms with Crippen molar-refractivity contribution in [2.45, 2.75) is 68.0 Å². The Morgan fingerprint density at radius 1 is 1.32 bits per heavy atom. The molecule has 1 N–H and O–H groups in total. The van der Waals surface area contributed by atoms with Gasteiger partial charge in [-0.25, -0.2) is 0 Å². The zero-order valence-electron chi connectivity index (χ0n) is 20.0. The van der Waals surface area contributed by atoms with Crippen molar-refractivity contribution in [3.63, 3.8) is 0 Å². The second kappa shape index (κ2) is 11.8. The third-order valence-electron chi connectivity index (χ3n) is 7.13. The van der Waals surface area contributed by atoms with Gasteiger partial charge in [0.1, 0.15) is 11.6 Å². The highest BCUT2D eigenvalue weighted by atomic mass is 79.9. The normalized spacial score (nSPS) is 31.4. The number of β-amino-alcohol motifs (C(OH)–C–C–N with tert-alkyl or cyclic N) is 1. The number of carbonyl (C=O) groups excluding carboxylic acids is 3. The topological polar surface area (TPSA) is 96.4 Å². The maximum atomic E-state index is 13.9. The first kappa shape index (κ1) is 26.9. The minimum Gasteiger partial charge on any atom is -0.465 e. The van der Waals surface area contributed by atoms with Gasteiger partial charge in [-0.2, -0.15) is 0 Å². The Kier molecular flexibility index (Phi) is 9.34. The predicted octanol–water partition coefficient (Wildman–Crippen LogP) is 2.44. The zero-order chi connectivity index (χ0) is 24.9. The standard InChI is InChI=1S/C25H37BrN2O6/c1-4-7-9-12-27(11-6-3)23(31)21-25-16-17(26)20(34-25)18(24(32)33-15-10-8-5-2)19(25)22(30)28(21)13-14-29/h5-6,17-21,29H,2-4,7-16H2,1H3/t17?,18-,19+,20-,21?,25?/m1/s1. The van der Waals surface area contributed by atoms with Crippen molar-refractivity contribution in [2.24, 2.45) is 11.8 Å². The monoisotopic (exact) mass is 540 g/mol. The number of carbonyl (C=O) groups is 3. The van der Waals surface area contributed by atoms with Crippen LogP contribution < -0.4 is 0 Å². The maximum absolute atomic E-state index is 13.9. The average molecular weight is 541 g/mol. The molecular formula is C25H37BrN2O6. The highest BCUT2D eigenvalue weighted by Gasteiger charge is 2.77. The molecule has 3 rings (SSSR count). The number of aliphatic hydroxyl groups is 1. The molecule has 3 heterocycles. The van der Waals surface area contributed by atoms with Gasteiger partial charge in [0.15, 0.2) is 0 Å². The maximum Gasteiger partial charge on any atom is 0.312 e. The Balaban J connectivity index is 1.91. The molecule has 0 aliphatic carbocycles. The van der Waals surface area contributed by atoms with E-state index in [4.69, 9.17) is 9.47 Å². The fourth-order valence-corrected chi connectivity index (χ4v) is 6.64. The van der Waals surface area contributed by atoms with Gasteiger partial charge in [0.05, 0.1) is 31.2 Å². The van der Waals surface area contributed by atoms with Crippen LogP contribution in [0.4, 0.5) is 0 Å². The van der Waals surface area contributed by atoms with Crippen LogP contribution in [0.25, 0.3) is 0 Å². The molecule has 190 valence electrons. The number of hydrogen-bond donors (Lipinski definition) is 1. The highest BCUT2D eigenvalue weighted by molar-refractivity contribution is 9.09. The Morgan fingerprint density at radius 2 is 2.09 bits per heavy atom.